The largest absolute Gasteiger partial charge is 0.405 e. The van der Waals surface area contributed by atoms with Crippen molar-refractivity contribution in [3.05, 3.63) is 34.9 Å². The Morgan fingerprint density at radius 2 is 2.11 bits per heavy atom. The summed E-state index contributed by atoms with van der Waals surface area (Å²) in [4.78, 5) is 1.45. The summed E-state index contributed by atoms with van der Waals surface area (Å²) in [6.07, 6.45) is -4.49. The Morgan fingerprint density at radius 1 is 1.44 bits per heavy atom. The molecular formula is C12H12ClF3N2. The predicted octanol–water partition coefficient (Wildman–Crippen LogP) is 3.47. The van der Waals surface area contributed by atoms with Gasteiger partial charge in [0.25, 0.3) is 0 Å². The van der Waals surface area contributed by atoms with Gasteiger partial charge in [0.2, 0.25) is 0 Å². The van der Waals surface area contributed by atoms with Gasteiger partial charge in [-0.15, -0.1) is 0 Å². The zero-order chi connectivity index (χ0) is 13.8. The molecule has 18 heavy (non-hydrogen) atoms. The molecule has 1 unspecified atom stereocenters. The Labute approximate surface area is 109 Å². The molecule has 0 fully saturated rings. The molecule has 0 aliphatic carbocycles. The van der Waals surface area contributed by atoms with E-state index >= 15 is 0 Å². The van der Waals surface area contributed by atoms with E-state index in [-0.39, 0.29) is 6.54 Å². The number of halogens is 4. The number of benzene rings is 1. The topological polar surface area (TPSA) is 27.0 Å². The van der Waals surface area contributed by atoms with Crippen LogP contribution in [0.2, 0.25) is 5.02 Å². The molecule has 0 aliphatic heterocycles. The lowest BCUT2D eigenvalue weighted by Gasteiger charge is -2.21. The second-order valence-corrected chi connectivity index (χ2v) is 4.49. The van der Waals surface area contributed by atoms with Crippen LogP contribution >= 0.6 is 11.6 Å². The van der Waals surface area contributed by atoms with Gasteiger partial charge >= 0.3 is 6.18 Å². The maximum Gasteiger partial charge on any atom is 0.405 e. The smallest absolute Gasteiger partial charge is 0.300 e. The normalized spacial score (nSPS) is 13.4. The van der Waals surface area contributed by atoms with Crippen LogP contribution in [0.3, 0.4) is 0 Å². The third-order valence-electron chi connectivity index (χ3n) is 2.39. The first-order chi connectivity index (χ1) is 8.32. The van der Waals surface area contributed by atoms with E-state index in [0.717, 1.165) is 5.56 Å². The van der Waals surface area contributed by atoms with Gasteiger partial charge in [-0.1, -0.05) is 23.7 Å². The predicted molar refractivity (Wildman–Crippen MR) is 62.9 cm³/mol. The van der Waals surface area contributed by atoms with Gasteiger partial charge in [-0.05, 0) is 24.7 Å². The molecule has 0 aliphatic rings. The molecular weight excluding hydrogens is 265 g/mol. The van der Waals surface area contributed by atoms with Crippen molar-refractivity contribution in [2.45, 2.75) is 12.7 Å². The average molecular weight is 277 g/mol. The molecule has 0 saturated heterocycles. The summed E-state index contributed by atoms with van der Waals surface area (Å²) in [5.41, 5.74) is 0.809. The van der Waals surface area contributed by atoms with E-state index in [1.165, 1.54) is 18.0 Å². The molecule has 6 heteroatoms. The average Bonchev–Trinajstić information content (AvgIpc) is 2.24. The SMILES string of the molecule is CN(Cc1cccc(Cl)c1)CC(C#N)C(F)(F)F. The Kier molecular flexibility index (Phi) is 5.00. The molecule has 0 amide bonds. The fourth-order valence-electron chi connectivity index (χ4n) is 1.54. The Bertz CT molecular complexity index is 440. The first-order valence-electron chi connectivity index (χ1n) is 5.22. The molecule has 98 valence electrons. The van der Waals surface area contributed by atoms with Crippen LogP contribution < -0.4 is 0 Å². The molecule has 0 spiro atoms. The molecule has 1 rings (SSSR count). The van der Waals surface area contributed by atoms with Gasteiger partial charge in [0.1, 0.15) is 0 Å². The van der Waals surface area contributed by atoms with Crippen LogP contribution in [0.25, 0.3) is 0 Å². The van der Waals surface area contributed by atoms with Crippen LogP contribution in [0.15, 0.2) is 24.3 Å². The van der Waals surface area contributed by atoms with Gasteiger partial charge in [-0.2, -0.15) is 18.4 Å². The summed E-state index contributed by atoms with van der Waals surface area (Å²) in [6, 6.07) is 8.17. The highest BCUT2D eigenvalue weighted by Crippen LogP contribution is 2.26. The van der Waals surface area contributed by atoms with E-state index in [1.54, 1.807) is 24.3 Å². The summed E-state index contributed by atoms with van der Waals surface area (Å²) in [5.74, 6) is -1.97. The van der Waals surface area contributed by atoms with E-state index in [1.807, 2.05) is 0 Å². The lowest BCUT2D eigenvalue weighted by Crippen LogP contribution is -2.33. The lowest BCUT2D eigenvalue weighted by atomic mass is 10.1. The minimum absolute atomic E-state index is 0.314. The van der Waals surface area contributed by atoms with Crippen molar-refractivity contribution in [1.29, 1.82) is 5.26 Å². The number of hydrogen-bond acceptors (Lipinski definition) is 2. The standard InChI is InChI=1S/C12H12ClF3N2/c1-18(8-10(6-17)12(14,15)16)7-9-3-2-4-11(13)5-9/h2-5,10H,7-8H2,1H3. The van der Waals surface area contributed by atoms with Crippen LogP contribution in [0.1, 0.15) is 5.56 Å². The molecule has 0 bridgehead atoms. The molecule has 1 aromatic carbocycles. The van der Waals surface area contributed by atoms with Crippen LogP contribution in [0.4, 0.5) is 13.2 Å². The van der Waals surface area contributed by atoms with Crippen LogP contribution in [0, 0.1) is 17.2 Å². The number of nitrogens with zero attached hydrogens (tertiary/aromatic N) is 2. The second kappa shape index (κ2) is 6.07. The van der Waals surface area contributed by atoms with E-state index in [4.69, 9.17) is 16.9 Å². The van der Waals surface area contributed by atoms with E-state index in [9.17, 15) is 13.2 Å². The zero-order valence-electron chi connectivity index (χ0n) is 9.71. The Hall–Kier alpha value is -1.25. The fraction of sp³-hybridized carbons (Fsp3) is 0.417. The minimum Gasteiger partial charge on any atom is -0.300 e. The maximum absolute atomic E-state index is 12.4. The first-order valence-corrected chi connectivity index (χ1v) is 5.60. The summed E-state index contributed by atoms with van der Waals surface area (Å²) in [6.45, 7) is -0.0403. The van der Waals surface area contributed by atoms with Gasteiger partial charge in [0.05, 0.1) is 6.07 Å². The summed E-state index contributed by atoms with van der Waals surface area (Å²) in [5, 5.41) is 9.04. The van der Waals surface area contributed by atoms with Gasteiger partial charge in [0.15, 0.2) is 5.92 Å². The quantitative estimate of drug-likeness (QED) is 0.842. The van der Waals surface area contributed by atoms with Crippen LogP contribution in [-0.4, -0.2) is 24.7 Å². The number of rotatable bonds is 4. The van der Waals surface area contributed by atoms with Gasteiger partial charge < -0.3 is 4.90 Å². The highest BCUT2D eigenvalue weighted by atomic mass is 35.5. The van der Waals surface area contributed by atoms with Crippen molar-refractivity contribution >= 4 is 11.6 Å². The molecule has 0 saturated carbocycles. The Balaban J connectivity index is 2.62. The van der Waals surface area contributed by atoms with Crippen molar-refractivity contribution in [3.8, 4) is 6.07 Å². The third kappa shape index (κ3) is 4.55. The maximum atomic E-state index is 12.4. The number of alkyl halides is 3. The zero-order valence-corrected chi connectivity index (χ0v) is 10.5. The third-order valence-corrected chi connectivity index (χ3v) is 2.62. The van der Waals surface area contributed by atoms with Crippen molar-refractivity contribution in [2.24, 2.45) is 5.92 Å². The molecule has 1 aromatic rings. The molecule has 2 nitrogen and oxygen atoms in total. The van der Waals surface area contributed by atoms with Crippen LogP contribution in [-0.2, 0) is 6.54 Å². The highest BCUT2D eigenvalue weighted by Gasteiger charge is 2.40. The number of nitriles is 1. The monoisotopic (exact) mass is 276 g/mol. The Morgan fingerprint density at radius 3 is 2.61 bits per heavy atom. The second-order valence-electron chi connectivity index (χ2n) is 4.05. The highest BCUT2D eigenvalue weighted by molar-refractivity contribution is 6.30. The van der Waals surface area contributed by atoms with Gasteiger partial charge in [-0.3, -0.25) is 0 Å². The molecule has 0 heterocycles. The summed E-state index contributed by atoms with van der Waals surface area (Å²) in [7, 11) is 1.54. The molecule has 0 radical (unpaired) electrons. The minimum atomic E-state index is -4.49. The van der Waals surface area contributed by atoms with Gasteiger partial charge in [-0.25, -0.2) is 0 Å². The van der Waals surface area contributed by atoms with Crippen LogP contribution in [0.5, 0.6) is 0 Å². The summed E-state index contributed by atoms with van der Waals surface area (Å²) < 4.78 is 37.2. The molecule has 0 aromatic heterocycles. The van der Waals surface area contributed by atoms with E-state index in [2.05, 4.69) is 0 Å². The molecule has 1 atom stereocenters. The van der Waals surface area contributed by atoms with E-state index < -0.39 is 12.1 Å². The van der Waals surface area contributed by atoms with E-state index in [0.29, 0.717) is 11.6 Å². The lowest BCUT2D eigenvalue weighted by molar-refractivity contribution is -0.162. The van der Waals surface area contributed by atoms with Crippen molar-refractivity contribution < 1.29 is 13.2 Å². The fourth-order valence-corrected chi connectivity index (χ4v) is 1.75. The van der Waals surface area contributed by atoms with Crippen molar-refractivity contribution in [3.63, 3.8) is 0 Å². The van der Waals surface area contributed by atoms with Gasteiger partial charge in [0, 0.05) is 18.1 Å². The number of hydrogen-bond donors (Lipinski definition) is 0. The van der Waals surface area contributed by atoms with Crippen molar-refractivity contribution in [1.82, 2.24) is 4.90 Å². The first kappa shape index (κ1) is 14.8. The summed E-state index contributed by atoms with van der Waals surface area (Å²) >= 11 is 5.78. The van der Waals surface area contributed by atoms with Crippen molar-refractivity contribution in [2.75, 3.05) is 13.6 Å². The molecule has 0 N–H and O–H groups in total.